The topological polar surface area (TPSA) is 172 Å². The molecule has 18 heteroatoms. The van der Waals surface area contributed by atoms with Crippen LogP contribution in [0.5, 0.6) is 0 Å². The smallest absolute Gasteiger partial charge is 0.435 e. The molecule has 0 radical (unpaired) electrons. The Hall–Kier alpha value is -3.22. The lowest BCUT2D eigenvalue weighted by Gasteiger charge is -2.49. The lowest BCUT2D eigenvalue weighted by atomic mass is 10.0. The third-order valence-electron chi connectivity index (χ3n) is 5.11. The van der Waals surface area contributed by atoms with Gasteiger partial charge in [0.25, 0.3) is 11.8 Å². The summed E-state index contributed by atoms with van der Waals surface area (Å²) in [6, 6.07) is -0.934. The van der Waals surface area contributed by atoms with E-state index in [0.29, 0.717) is 27.1 Å². The minimum atomic E-state index is -1.27. The number of rotatable bonds is 11. The van der Waals surface area contributed by atoms with Crippen LogP contribution in [0.3, 0.4) is 0 Å². The number of carbonyl (C=O) groups excluding carboxylic acids is 4. The zero-order chi connectivity index (χ0) is 27.9. The van der Waals surface area contributed by atoms with Gasteiger partial charge in [-0.2, -0.15) is 4.37 Å². The van der Waals surface area contributed by atoms with Crippen LogP contribution in [0.15, 0.2) is 38.0 Å². The van der Waals surface area contributed by atoms with Crippen molar-refractivity contribution in [2.45, 2.75) is 35.9 Å². The first kappa shape index (κ1) is 28.8. The normalized spacial score (nSPS) is 19.5. The Morgan fingerprint density at radius 2 is 2.13 bits per heavy atom. The molecule has 0 spiro atoms. The maximum atomic E-state index is 13.3. The van der Waals surface area contributed by atoms with Gasteiger partial charge >= 0.3 is 12.1 Å². The fourth-order valence-electron chi connectivity index (χ4n) is 3.51. The van der Waals surface area contributed by atoms with Crippen molar-refractivity contribution in [1.29, 1.82) is 0 Å². The van der Waals surface area contributed by atoms with Crippen molar-refractivity contribution in [2.24, 2.45) is 5.16 Å². The number of hydrogen-bond donors (Lipinski definition) is 1. The number of oxime groups is 1. The number of β-lactam (4-membered cyclic amide) rings is 1. The molecule has 3 atom stereocenters. The number of nitrogens with one attached hydrogen (secondary N) is 1. The number of ether oxygens (including phenoxy) is 3. The van der Waals surface area contributed by atoms with Gasteiger partial charge in [0, 0.05) is 23.8 Å². The summed E-state index contributed by atoms with van der Waals surface area (Å²) in [5, 5.41) is 7.46. The van der Waals surface area contributed by atoms with Crippen LogP contribution < -0.4 is 5.32 Å². The van der Waals surface area contributed by atoms with E-state index in [1.54, 1.807) is 12.3 Å². The molecule has 0 saturated carbocycles. The zero-order valence-electron chi connectivity index (χ0n) is 20.7. The lowest BCUT2D eigenvalue weighted by Crippen LogP contribution is -2.71. The number of aromatic nitrogens is 3. The van der Waals surface area contributed by atoms with Gasteiger partial charge in [-0.3, -0.25) is 14.5 Å². The molecule has 4 heterocycles. The largest absolute Gasteiger partial charge is 0.511 e. The van der Waals surface area contributed by atoms with E-state index >= 15 is 0 Å². The quantitative estimate of drug-likeness (QED) is 0.0972. The molecule has 4 rings (SSSR count). The Bertz CT molecular complexity index is 1270. The van der Waals surface area contributed by atoms with Gasteiger partial charge in [-0.15, -0.1) is 23.1 Å². The van der Waals surface area contributed by atoms with Gasteiger partial charge < -0.3 is 24.4 Å². The number of hydrogen-bond acceptors (Lipinski definition) is 16. The van der Waals surface area contributed by atoms with E-state index in [4.69, 9.17) is 19.0 Å². The second kappa shape index (κ2) is 13.2. The van der Waals surface area contributed by atoms with Crippen molar-refractivity contribution < 1.29 is 38.2 Å². The van der Waals surface area contributed by atoms with Gasteiger partial charge in [-0.25, -0.2) is 19.6 Å². The van der Waals surface area contributed by atoms with Crippen LogP contribution in [0.1, 0.15) is 19.5 Å². The number of amides is 2. The Kier molecular flexibility index (Phi) is 9.76. The minimum Gasteiger partial charge on any atom is -0.435 e. The Morgan fingerprint density at radius 3 is 2.79 bits per heavy atom. The second-order valence-electron chi connectivity index (χ2n) is 7.58. The molecule has 208 valence electrons. The molecule has 0 aliphatic carbocycles. The molecular weight excluding hydrogens is 593 g/mol. The van der Waals surface area contributed by atoms with E-state index in [-0.39, 0.29) is 18.0 Å². The van der Waals surface area contributed by atoms with Crippen molar-refractivity contribution in [3.8, 4) is 0 Å². The third-order valence-corrected chi connectivity index (χ3v) is 8.92. The summed E-state index contributed by atoms with van der Waals surface area (Å²) in [4.78, 5) is 65.4. The van der Waals surface area contributed by atoms with Gasteiger partial charge in [0.2, 0.25) is 6.29 Å². The molecule has 2 unspecified atom stereocenters. The fourth-order valence-corrected chi connectivity index (χ4v) is 6.98. The van der Waals surface area contributed by atoms with Gasteiger partial charge in [0.05, 0.1) is 12.1 Å². The molecule has 0 bridgehead atoms. The monoisotopic (exact) mass is 614 g/mol. The standard InChI is InChI=1S/C21H22N6O8S4/c1-4-33-21(31)35-10(2)34-19(30)15-11(6-38-20-22-8-24-39-20)5-37-18-14(17(29)27(15)18)25-16(28)13(26-32-3)12-7-36-9-23-12/h7-10,14,18H,4-6H2,1-3H3,(H,25,28)/b26-13-/t10?,14?,18-/m1/s1. The van der Waals surface area contributed by atoms with Gasteiger partial charge in [-0.1, -0.05) is 16.9 Å². The Labute approximate surface area is 238 Å². The second-order valence-corrected chi connectivity index (χ2v) is 11.4. The molecule has 14 nitrogen and oxygen atoms in total. The molecule has 1 saturated heterocycles. The third kappa shape index (κ3) is 6.68. The zero-order valence-corrected chi connectivity index (χ0v) is 24.0. The van der Waals surface area contributed by atoms with E-state index in [1.807, 2.05) is 0 Å². The number of fused-ring (bicyclic) bond motifs is 1. The minimum absolute atomic E-state index is 0.0239. The molecule has 1 N–H and O–H groups in total. The summed E-state index contributed by atoms with van der Waals surface area (Å²) in [7, 11) is 1.30. The van der Waals surface area contributed by atoms with Crippen LogP contribution in [0.4, 0.5) is 4.79 Å². The van der Waals surface area contributed by atoms with Crippen LogP contribution in [-0.4, -0.2) is 91.8 Å². The highest BCUT2D eigenvalue weighted by molar-refractivity contribution is 8.01. The number of esters is 1. The predicted octanol–water partition coefficient (Wildman–Crippen LogP) is 1.85. The average molecular weight is 615 g/mol. The first-order valence-corrected chi connectivity index (χ1v) is 15.0. The number of thiazole rings is 1. The van der Waals surface area contributed by atoms with Crippen LogP contribution in [-0.2, 0) is 33.4 Å². The lowest BCUT2D eigenvalue weighted by molar-refractivity contribution is -0.168. The average Bonchev–Trinajstić information content (AvgIpc) is 3.63. The SMILES string of the molecule is CCOC(=O)OC(C)OC(=O)C1=C(CSc2ncns2)CS[C@@H]2C(NC(=O)/C(=N\OC)c3cscn3)C(=O)N12. The molecule has 2 amide bonds. The van der Waals surface area contributed by atoms with E-state index < -0.39 is 41.6 Å². The van der Waals surface area contributed by atoms with Gasteiger partial charge in [0.15, 0.2) is 10.1 Å². The summed E-state index contributed by atoms with van der Waals surface area (Å²) in [5.41, 5.74) is 2.40. The van der Waals surface area contributed by atoms with E-state index in [2.05, 4.69) is 24.8 Å². The van der Waals surface area contributed by atoms with E-state index in [1.165, 1.54) is 77.2 Å². The number of carbonyl (C=O) groups is 4. The van der Waals surface area contributed by atoms with Crippen molar-refractivity contribution in [2.75, 3.05) is 25.2 Å². The molecule has 2 aromatic rings. The van der Waals surface area contributed by atoms with Crippen LogP contribution in [0.25, 0.3) is 0 Å². The summed E-state index contributed by atoms with van der Waals surface area (Å²) in [6.07, 6.45) is -0.838. The number of thioether (sulfide) groups is 2. The Balaban J connectivity index is 1.52. The summed E-state index contributed by atoms with van der Waals surface area (Å²) in [5.74, 6) is -1.31. The maximum absolute atomic E-state index is 13.3. The van der Waals surface area contributed by atoms with Crippen LogP contribution in [0.2, 0.25) is 0 Å². The molecule has 2 aliphatic rings. The highest BCUT2D eigenvalue weighted by Crippen LogP contribution is 2.42. The Morgan fingerprint density at radius 1 is 1.31 bits per heavy atom. The predicted molar refractivity (Wildman–Crippen MR) is 142 cm³/mol. The van der Waals surface area contributed by atoms with Gasteiger partial charge in [-0.05, 0) is 24.0 Å². The van der Waals surface area contributed by atoms with Crippen LogP contribution in [0, 0.1) is 0 Å². The van der Waals surface area contributed by atoms with E-state index in [9.17, 15) is 19.2 Å². The van der Waals surface area contributed by atoms with Crippen LogP contribution >= 0.6 is 46.4 Å². The molecule has 2 aliphatic heterocycles. The summed E-state index contributed by atoms with van der Waals surface area (Å²) >= 11 is 5.21. The van der Waals surface area contributed by atoms with Crippen molar-refractivity contribution in [1.82, 2.24) is 24.6 Å². The number of nitrogens with zero attached hydrogens (tertiary/aromatic N) is 5. The molecule has 0 aromatic carbocycles. The molecule has 1 fully saturated rings. The highest BCUT2D eigenvalue weighted by Gasteiger charge is 2.55. The first-order valence-electron chi connectivity index (χ1n) is 11.2. The molecular formula is C21H22N6O8S4. The summed E-state index contributed by atoms with van der Waals surface area (Å²) in [6.45, 7) is 3.05. The van der Waals surface area contributed by atoms with Crippen molar-refractivity contribution >= 4 is 76.0 Å². The highest BCUT2D eigenvalue weighted by atomic mass is 32.2. The summed E-state index contributed by atoms with van der Waals surface area (Å²) < 4.78 is 19.6. The first-order chi connectivity index (χ1) is 18.8. The van der Waals surface area contributed by atoms with Crippen molar-refractivity contribution in [3.63, 3.8) is 0 Å². The molecule has 39 heavy (non-hydrogen) atoms. The van der Waals surface area contributed by atoms with Gasteiger partial charge in [0.1, 0.15) is 36.2 Å². The van der Waals surface area contributed by atoms with E-state index in [0.717, 1.165) is 0 Å². The molecule has 2 aromatic heterocycles. The fraction of sp³-hybridized carbons (Fsp3) is 0.429. The maximum Gasteiger partial charge on any atom is 0.511 e. The van der Waals surface area contributed by atoms with Crippen molar-refractivity contribution in [3.05, 3.63) is 34.2 Å².